The van der Waals surface area contributed by atoms with Gasteiger partial charge in [0.05, 0.1) is 0 Å². The van der Waals surface area contributed by atoms with Crippen LogP contribution in [0.2, 0.25) is 5.02 Å². The Bertz CT molecular complexity index is 332. The van der Waals surface area contributed by atoms with Gasteiger partial charge in [-0.15, -0.1) is 0 Å². The van der Waals surface area contributed by atoms with Gasteiger partial charge in [0.25, 0.3) is 0 Å². The van der Waals surface area contributed by atoms with E-state index in [1.54, 1.807) is 0 Å². The molecule has 1 aromatic rings. The average Bonchev–Trinajstić information content (AvgIpc) is 2.22. The maximum absolute atomic E-state index is 6.20. The number of alkyl halides is 1. The topological polar surface area (TPSA) is 0 Å². The van der Waals surface area contributed by atoms with E-state index in [4.69, 9.17) is 11.6 Å². The lowest BCUT2D eigenvalue weighted by atomic mass is 9.83. The van der Waals surface area contributed by atoms with Crippen molar-refractivity contribution in [2.75, 3.05) is 5.33 Å². The number of halogens is 3. The van der Waals surface area contributed by atoms with Crippen molar-refractivity contribution in [3.8, 4) is 0 Å². The molecule has 0 spiro atoms. The third-order valence-electron chi connectivity index (χ3n) is 2.81. The lowest BCUT2D eigenvalue weighted by molar-refractivity contribution is 0.361. The third kappa shape index (κ3) is 3.76. The fraction of sp³-hybridized carbons (Fsp3) is 0.500. The molecule has 0 nitrogen and oxygen atoms in total. The van der Waals surface area contributed by atoms with E-state index in [9.17, 15) is 0 Å². The zero-order valence-electron chi connectivity index (χ0n) is 8.99. The molecule has 0 amide bonds. The maximum atomic E-state index is 6.20. The first-order valence-electron chi connectivity index (χ1n) is 5.00. The summed E-state index contributed by atoms with van der Waals surface area (Å²) >= 11 is 13.2. The number of rotatable bonds is 4. The van der Waals surface area contributed by atoms with Crippen LogP contribution in [-0.2, 0) is 6.42 Å². The summed E-state index contributed by atoms with van der Waals surface area (Å²) in [6.07, 6.45) is 2.16. The Balaban J connectivity index is 2.89. The molecule has 0 bridgehead atoms. The summed E-state index contributed by atoms with van der Waals surface area (Å²) < 4.78 is 1.04. The fourth-order valence-electron chi connectivity index (χ4n) is 1.39. The van der Waals surface area contributed by atoms with Gasteiger partial charge in [0.15, 0.2) is 0 Å². The summed E-state index contributed by atoms with van der Waals surface area (Å²) in [5.41, 5.74) is 1.51. The molecule has 0 heterocycles. The van der Waals surface area contributed by atoms with Crippen molar-refractivity contribution < 1.29 is 0 Å². The van der Waals surface area contributed by atoms with Crippen LogP contribution < -0.4 is 0 Å². The summed E-state index contributed by atoms with van der Waals surface area (Å²) in [5.74, 6) is 0. The van der Waals surface area contributed by atoms with Crippen LogP contribution in [-0.4, -0.2) is 5.33 Å². The highest BCUT2D eigenvalue weighted by Gasteiger charge is 2.22. The molecule has 1 atom stereocenters. The second-order valence-electron chi connectivity index (χ2n) is 4.21. The molecule has 3 heteroatoms. The highest BCUT2D eigenvalue weighted by Crippen LogP contribution is 2.32. The van der Waals surface area contributed by atoms with Crippen molar-refractivity contribution in [2.45, 2.75) is 26.7 Å². The van der Waals surface area contributed by atoms with Crippen molar-refractivity contribution >= 4 is 43.5 Å². The lowest BCUT2D eigenvalue weighted by Gasteiger charge is -2.26. The Hall–Kier alpha value is 0.470. The van der Waals surface area contributed by atoms with Crippen molar-refractivity contribution in [2.24, 2.45) is 5.41 Å². The van der Waals surface area contributed by atoms with Crippen LogP contribution in [0.1, 0.15) is 25.8 Å². The maximum Gasteiger partial charge on any atom is 0.0449 e. The molecule has 0 radical (unpaired) electrons. The van der Waals surface area contributed by atoms with Crippen LogP contribution in [0.3, 0.4) is 0 Å². The summed E-state index contributed by atoms with van der Waals surface area (Å²) in [4.78, 5) is 0. The fourth-order valence-corrected chi connectivity index (χ4v) is 2.73. The minimum Gasteiger partial charge on any atom is -0.0922 e. The van der Waals surface area contributed by atoms with Gasteiger partial charge >= 0.3 is 0 Å². The van der Waals surface area contributed by atoms with E-state index in [-0.39, 0.29) is 5.41 Å². The smallest absolute Gasteiger partial charge is 0.0449 e. The number of benzene rings is 1. The van der Waals surface area contributed by atoms with E-state index >= 15 is 0 Å². The molecule has 1 unspecified atom stereocenters. The molecule has 15 heavy (non-hydrogen) atoms. The normalized spacial score (nSPS) is 15.0. The second-order valence-corrected chi connectivity index (χ2v) is 6.09. The first kappa shape index (κ1) is 13.5. The van der Waals surface area contributed by atoms with E-state index in [2.05, 4.69) is 51.8 Å². The highest BCUT2D eigenvalue weighted by atomic mass is 79.9. The predicted octanol–water partition coefficient (Wildman–Crippen LogP) is 5.46. The molecule has 0 aliphatic rings. The predicted molar refractivity (Wildman–Crippen MR) is 75.0 cm³/mol. The van der Waals surface area contributed by atoms with Gasteiger partial charge in [-0.25, -0.2) is 0 Å². The standard InChI is InChI=1S/C12H15Br2Cl/c1-3-12(2,8-13)7-9-4-5-10(14)6-11(9)15/h4-6H,3,7-8H2,1-2H3. The quantitative estimate of drug-likeness (QED) is 0.630. The van der Waals surface area contributed by atoms with Crippen LogP contribution in [0.25, 0.3) is 0 Å². The SMILES string of the molecule is CCC(C)(CBr)Cc1ccc(Br)cc1Cl. The Labute approximate surface area is 114 Å². The third-order valence-corrected chi connectivity index (χ3v) is 5.01. The van der Waals surface area contributed by atoms with Gasteiger partial charge in [0, 0.05) is 14.8 Å². The largest absolute Gasteiger partial charge is 0.0922 e. The monoisotopic (exact) mass is 352 g/mol. The first-order chi connectivity index (χ1) is 7.00. The average molecular weight is 355 g/mol. The minimum atomic E-state index is 0.289. The van der Waals surface area contributed by atoms with Crippen molar-refractivity contribution in [3.63, 3.8) is 0 Å². The molecule has 0 N–H and O–H groups in total. The van der Waals surface area contributed by atoms with Gasteiger partial charge < -0.3 is 0 Å². The Morgan fingerprint density at radius 3 is 2.53 bits per heavy atom. The van der Waals surface area contributed by atoms with Gasteiger partial charge in [-0.2, -0.15) is 0 Å². The molecule has 0 saturated heterocycles. The summed E-state index contributed by atoms with van der Waals surface area (Å²) in [5, 5.41) is 1.85. The second kappa shape index (κ2) is 5.70. The number of hydrogen-bond acceptors (Lipinski definition) is 0. The van der Waals surface area contributed by atoms with E-state index in [0.717, 1.165) is 27.7 Å². The van der Waals surface area contributed by atoms with Crippen LogP contribution in [0, 0.1) is 5.41 Å². The van der Waals surface area contributed by atoms with Crippen LogP contribution in [0.15, 0.2) is 22.7 Å². The van der Waals surface area contributed by atoms with Gasteiger partial charge in [0.1, 0.15) is 0 Å². The summed E-state index contributed by atoms with van der Waals surface area (Å²) in [6.45, 7) is 4.49. The molecule has 0 aliphatic heterocycles. The molecule has 0 aromatic heterocycles. The van der Waals surface area contributed by atoms with E-state index < -0.39 is 0 Å². The first-order valence-corrected chi connectivity index (χ1v) is 7.30. The van der Waals surface area contributed by atoms with Gasteiger partial charge in [-0.1, -0.05) is 63.4 Å². The molecule has 84 valence electrons. The van der Waals surface area contributed by atoms with Crippen molar-refractivity contribution in [1.82, 2.24) is 0 Å². The van der Waals surface area contributed by atoms with E-state index in [1.807, 2.05) is 12.1 Å². The van der Waals surface area contributed by atoms with E-state index in [1.165, 1.54) is 5.56 Å². The molecular weight excluding hydrogens is 339 g/mol. The Kier molecular flexibility index (Phi) is 5.14. The van der Waals surface area contributed by atoms with Crippen LogP contribution in [0.4, 0.5) is 0 Å². The van der Waals surface area contributed by atoms with Crippen molar-refractivity contribution in [3.05, 3.63) is 33.3 Å². The lowest BCUT2D eigenvalue weighted by Crippen LogP contribution is -2.20. The molecule has 1 aromatic carbocycles. The summed E-state index contributed by atoms with van der Waals surface area (Å²) in [6, 6.07) is 6.11. The van der Waals surface area contributed by atoms with Gasteiger partial charge in [-0.05, 0) is 36.0 Å². The molecule has 0 aliphatic carbocycles. The van der Waals surface area contributed by atoms with E-state index in [0.29, 0.717) is 0 Å². The minimum absolute atomic E-state index is 0.289. The van der Waals surface area contributed by atoms with Crippen LogP contribution in [0.5, 0.6) is 0 Å². The molecule has 0 saturated carbocycles. The summed E-state index contributed by atoms with van der Waals surface area (Å²) in [7, 11) is 0. The zero-order chi connectivity index (χ0) is 11.5. The van der Waals surface area contributed by atoms with Crippen molar-refractivity contribution in [1.29, 1.82) is 0 Å². The van der Waals surface area contributed by atoms with Crippen LogP contribution >= 0.6 is 43.5 Å². The molecule has 0 fully saturated rings. The highest BCUT2D eigenvalue weighted by molar-refractivity contribution is 9.10. The zero-order valence-corrected chi connectivity index (χ0v) is 12.9. The molecular formula is C12H15Br2Cl. The Morgan fingerprint density at radius 1 is 1.40 bits per heavy atom. The van der Waals surface area contributed by atoms with Gasteiger partial charge in [0.2, 0.25) is 0 Å². The number of hydrogen-bond donors (Lipinski definition) is 0. The molecule has 1 rings (SSSR count). The Morgan fingerprint density at radius 2 is 2.07 bits per heavy atom. The van der Waals surface area contributed by atoms with Gasteiger partial charge in [-0.3, -0.25) is 0 Å².